The first-order valence-corrected chi connectivity index (χ1v) is 6.54. The molecule has 3 aromatic rings. The fourth-order valence-electron chi connectivity index (χ4n) is 1.99. The van der Waals surface area contributed by atoms with Gasteiger partial charge in [0, 0.05) is 11.6 Å². The molecule has 0 N–H and O–H groups in total. The van der Waals surface area contributed by atoms with Crippen molar-refractivity contribution in [1.82, 2.24) is 0 Å². The molecule has 0 spiro atoms. The van der Waals surface area contributed by atoms with Crippen LogP contribution in [-0.2, 0) is 0 Å². The summed E-state index contributed by atoms with van der Waals surface area (Å²) in [5.74, 6) is 5.86. The largest absolute Gasteiger partial charge is 0.497 e. The first-order chi connectivity index (χ1) is 10.7. The first kappa shape index (κ1) is 13.9. The quantitative estimate of drug-likeness (QED) is 0.646. The third-order valence-corrected chi connectivity index (χ3v) is 3.17. The Morgan fingerprint density at radius 2 is 1.86 bits per heavy atom. The van der Waals surface area contributed by atoms with Crippen molar-refractivity contribution in [2.24, 2.45) is 0 Å². The van der Waals surface area contributed by atoms with Crippen molar-refractivity contribution < 1.29 is 13.5 Å². The second-order valence-electron chi connectivity index (χ2n) is 4.60. The number of halogens is 1. The highest BCUT2D eigenvalue weighted by atomic mass is 19.1. The summed E-state index contributed by atoms with van der Waals surface area (Å²) in [5.41, 5.74) is 1.10. The van der Waals surface area contributed by atoms with E-state index in [4.69, 9.17) is 9.15 Å². The van der Waals surface area contributed by atoms with E-state index >= 15 is 0 Å². The third-order valence-electron chi connectivity index (χ3n) is 3.17. The van der Waals surface area contributed by atoms with Crippen LogP contribution in [-0.4, -0.2) is 7.11 Å². The average Bonchev–Trinajstić information content (AvgIpc) is 2.55. The van der Waals surface area contributed by atoms with E-state index in [0.29, 0.717) is 22.3 Å². The van der Waals surface area contributed by atoms with Crippen LogP contribution in [0.15, 0.2) is 57.9 Å². The van der Waals surface area contributed by atoms with Gasteiger partial charge in [-0.2, -0.15) is 0 Å². The summed E-state index contributed by atoms with van der Waals surface area (Å²) >= 11 is 0. The Morgan fingerprint density at radius 3 is 2.59 bits per heavy atom. The van der Waals surface area contributed by atoms with E-state index in [2.05, 4.69) is 11.8 Å². The van der Waals surface area contributed by atoms with Gasteiger partial charge in [0.05, 0.1) is 12.5 Å². The van der Waals surface area contributed by atoms with Crippen molar-refractivity contribution in [2.45, 2.75) is 0 Å². The van der Waals surface area contributed by atoms with E-state index in [1.54, 1.807) is 37.4 Å². The molecule has 0 aliphatic heterocycles. The Labute approximate surface area is 126 Å². The molecule has 1 aromatic heterocycles. The number of methoxy groups -OCH3 is 1. The molecule has 0 unspecified atom stereocenters. The number of rotatable bonds is 1. The van der Waals surface area contributed by atoms with Gasteiger partial charge in [-0.05, 0) is 36.4 Å². The molecule has 2 aromatic carbocycles. The van der Waals surface area contributed by atoms with Gasteiger partial charge in [-0.15, -0.1) is 0 Å². The van der Waals surface area contributed by atoms with E-state index in [-0.39, 0.29) is 16.8 Å². The molecular formula is C18H11FO3. The molecule has 0 fully saturated rings. The Hall–Kier alpha value is -3.06. The minimum Gasteiger partial charge on any atom is -0.497 e. The number of hydrogen-bond donors (Lipinski definition) is 0. The highest BCUT2D eigenvalue weighted by Crippen LogP contribution is 2.18. The van der Waals surface area contributed by atoms with E-state index < -0.39 is 0 Å². The van der Waals surface area contributed by atoms with E-state index in [0.717, 1.165) is 0 Å². The molecule has 0 aliphatic carbocycles. The monoisotopic (exact) mass is 294 g/mol. The molecule has 3 rings (SSSR count). The van der Waals surface area contributed by atoms with E-state index in [9.17, 15) is 9.18 Å². The van der Waals surface area contributed by atoms with Gasteiger partial charge in [0.1, 0.15) is 29.0 Å². The second-order valence-corrected chi connectivity index (χ2v) is 4.60. The molecule has 0 aliphatic rings. The van der Waals surface area contributed by atoms with E-state index in [1.807, 2.05) is 0 Å². The lowest BCUT2D eigenvalue weighted by molar-refractivity contribution is 0.414. The van der Waals surface area contributed by atoms with Gasteiger partial charge in [-0.1, -0.05) is 11.8 Å². The van der Waals surface area contributed by atoms with Gasteiger partial charge >= 0.3 is 0 Å². The first-order valence-electron chi connectivity index (χ1n) is 6.54. The van der Waals surface area contributed by atoms with Crippen LogP contribution >= 0.6 is 0 Å². The zero-order chi connectivity index (χ0) is 15.5. The predicted molar refractivity (Wildman–Crippen MR) is 81.4 cm³/mol. The zero-order valence-electron chi connectivity index (χ0n) is 11.7. The molecule has 1 heterocycles. The van der Waals surface area contributed by atoms with Gasteiger partial charge in [0.25, 0.3) is 0 Å². The summed E-state index contributed by atoms with van der Waals surface area (Å²) in [4.78, 5) is 12.3. The molecule has 0 radical (unpaired) electrons. The van der Waals surface area contributed by atoms with Crippen LogP contribution in [0, 0.1) is 17.7 Å². The van der Waals surface area contributed by atoms with Crippen LogP contribution in [0.4, 0.5) is 4.39 Å². The Bertz CT molecular complexity index is 944. The lowest BCUT2D eigenvalue weighted by Gasteiger charge is -2.01. The average molecular weight is 294 g/mol. The summed E-state index contributed by atoms with van der Waals surface area (Å²) in [6.07, 6.45) is 1.32. The Kier molecular flexibility index (Phi) is 3.63. The molecule has 22 heavy (non-hydrogen) atoms. The van der Waals surface area contributed by atoms with Crippen LogP contribution in [0.5, 0.6) is 5.75 Å². The standard InChI is InChI=1S/C18H11FO3/c1-21-15-8-9-16-17(10-15)22-11-13(18(16)20)5-2-12-3-6-14(19)7-4-12/h3-4,6-11H,1H3. The SMILES string of the molecule is COc1ccc2c(=O)c(C#Cc3ccc(F)cc3)coc2c1. The number of benzene rings is 2. The van der Waals surface area contributed by atoms with Gasteiger partial charge in [-0.25, -0.2) is 4.39 Å². The van der Waals surface area contributed by atoms with Crippen molar-refractivity contribution in [3.05, 3.63) is 75.9 Å². The molecule has 108 valence electrons. The highest BCUT2D eigenvalue weighted by Gasteiger charge is 2.06. The second kappa shape index (κ2) is 5.74. The summed E-state index contributed by atoms with van der Waals surface area (Å²) in [6, 6.07) is 10.7. The molecule has 0 saturated carbocycles. The van der Waals surface area contributed by atoms with Gasteiger partial charge in [0.2, 0.25) is 5.43 Å². The summed E-state index contributed by atoms with van der Waals surface area (Å²) in [7, 11) is 1.54. The predicted octanol–water partition coefficient (Wildman–Crippen LogP) is 3.34. The van der Waals surface area contributed by atoms with Crippen LogP contribution in [0.25, 0.3) is 11.0 Å². The molecule has 0 bridgehead atoms. The van der Waals surface area contributed by atoms with Crippen molar-refractivity contribution in [2.75, 3.05) is 7.11 Å². The third kappa shape index (κ3) is 2.70. The molecular weight excluding hydrogens is 283 g/mol. The topological polar surface area (TPSA) is 39.4 Å². The lowest BCUT2D eigenvalue weighted by atomic mass is 10.1. The van der Waals surface area contributed by atoms with Gasteiger partial charge in [0.15, 0.2) is 0 Å². The molecule has 0 amide bonds. The minimum absolute atomic E-state index is 0.210. The van der Waals surface area contributed by atoms with E-state index in [1.165, 1.54) is 18.4 Å². The summed E-state index contributed by atoms with van der Waals surface area (Å²) < 4.78 is 23.3. The Morgan fingerprint density at radius 1 is 1.09 bits per heavy atom. The fraction of sp³-hybridized carbons (Fsp3) is 0.0556. The van der Waals surface area contributed by atoms with Crippen molar-refractivity contribution >= 4 is 11.0 Å². The van der Waals surface area contributed by atoms with Crippen molar-refractivity contribution in [3.63, 3.8) is 0 Å². The summed E-state index contributed by atoms with van der Waals surface area (Å²) in [5, 5.41) is 0.437. The zero-order valence-corrected chi connectivity index (χ0v) is 11.7. The van der Waals surface area contributed by atoms with Crippen LogP contribution in [0.2, 0.25) is 0 Å². The number of ether oxygens (including phenoxy) is 1. The minimum atomic E-state index is -0.329. The van der Waals surface area contributed by atoms with Gasteiger partial charge in [-0.3, -0.25) is 4.79 Å². The lowest BCUT2D eigenvalue weighted by Crippen LogP contribution is -2.05. The maximum Gasteiger partial charge on any atom is 0.208 e. The maximum absolute atomic E-state index is 12.8. The smallest absolute Gasteiger partial charge is 0.208 e. The van der Waals surface area contributed by atoms with Crippen LogP contribution in [0.1, 0.15) is 11.1 Å². The van der Waals surface area contributed by atoms with Crippen molar-refractivity contribution in [1.29, 1.82) is 0 Å². The molecule has 3 nitrogen and oxygen atoms in total. The van der Waals surface area contributed by atoms with Gasteiger partial charge < -0.3 is 9.15 Å². The fourth-order valence-corrected chi connectivity index (χ4v) is 1.99. The maximum atomic E-state index is 12.8. The Balaban J connectivity index is 2.04. The molecule has 0 atom stereocenters. The summed E-state index contributed by atoms with van der Waals surface area (Å²) in [6.45, 7) is 0. The number of hydrogen-bond acceptors (Lipinski definition) is 3. The number of fused-ring (bicyclic) bond motifs is 1. The van der Waals surface area contributed by atoms with Crippen molar-refractivity contribution in [3.8, 4) is 17.6 Å². The normalized spacial score (nSPS) is 10.1. The van der Waals surface area contributed by atoms with Crippen LogP contribution in [0.3, 0.4) is 0 Å². The molecule has 0 saturated heterocycles. The highest BCUT2D eigenvalue weighted by molar-refractivity contribution is 5.79. The molecule has 4 heteroatoms. The van der Waals surface area contributed by atoms with Crippen LogP contribution < -0.4 is 10.2 Å².